The van der Waals surface area contributed by atoms with Gasteiger partial charge in [-0.1, -0.05) is 18.2 Å². The largest absolute Gasteiger partial charge is 0.369 e. The molecule has 0 radical (unpaired) electrons. The topological polar surface area (TPSA) is 95.0 Å². The van der Waals surface area contributed by atoms with Crippen LogP contribution in [-0.2, 0) is 6.42 Å². The van der Waals surface area contributed by atoms with Crippen LogP contribution in [0, 0.1) is 12.8 Å². The average molecular weight is 522 g/mol. The Labute approximate surface area is 229 Å². The van der Waals surface area contributed by atoms with Crippen LogP contribution in [0.5, 0.6) is 0 Å². The molecule has 0 bridgehead atoms. The maximum atomic E-state index is 4.72. The molecule has 6 rings (SSSR count). The Morgan fingerprint density at radius 2 is 1.67 bits per heavy atom. The van der Waals surface area contributed by atoms with Crippen LogP contribution in [0.3, 0.4) is 0 Å². The van der Waals surface area contributed by atoms with Crippen molar-refractivity contribution in [3.63, 3.8) is 0 Å². The van der Waals surface area contributed by atoms with E-state index in [-0.39, 0.29) is 0 Å². The van der Waals surface area contributed by atoms with Gasteiger partial charge in [0.05, 0.1) is 0 Å². The molecule has 1 aromatic carbocycles. The molecule has 2 fully saturated rings. The first-order valence-corrected chi connectivity index (χ1v) is 13.8. The van der Waals surface area contributed by atoms with Gasteiger partial charge < -0.3 is 15.5 Å². The quantitative estimate of drug-likeness (QED) is 0.360. The summed E-state index contributed by atoms with van der Waals surface area (Å²) >= 11 is 0. The van der Waals surface area contributed by atoms with E-state index >= 15 is 0 Å². The highest BCUT2D eigenvalue weighted by molar-refractivity contribution is 5.56. The second-order valence-electron chi connectivity index (χ2n) is 10.4. The van der Waals surface area contributed by atoms with Crippen molar-refractivity contribution >= 4 is 17.3 Å². The first kappa shape index (κ1) is 25.3. The number of hydrogen-bond acceptors (Lipinski definition) is 9. The molecule has 5 heterocycles. The molecule has 2 aliphatic heterocycles. The Balaban J connectivity index is 1.05. The summed E-state index contributed by atoms with van der Waals surface area (Å²) in [5, 5.41) is 6.77. The number of rotatable bonds is 8. The van der Waals surface area contributed by atoms with Gasteiger partial charge >= 0.3 is 0 Å². The van der Waals surface area contributed by atoms with Gasteiger partial charge in [0.1, 0.15) is 23.2 Å². The van der Waals surface area contributed by atoms with E-state index < -0.39 is 0 Å². The van der Waals surface area contributed by atoms with Gasteiger partial charge in [0.25, 0.3) is 0 Å². The van der Waals surface area contributed by atoms with E-state index in [4.69, 9.17) is 4.98 Å². The van der Waals surface area contributed by atoms with Gasteiger partial charge in [0.2, 0.25) is 0 Å². The zero-order valence-electron chi connectivity index (χ0n) is 22.4. The van der Waals surface area contributed by atoms with E-state index in [0.29, 0.717) is 23.9 Å². The lowest BCUT2D eigenvalue weighted by atomic mass is 10.1. The first-order valence-electron chi connectivity index (χ1n) is 13.8. The fourth-order valence-electron chi connectivity index (χ4n) is 5.34. The smallest absolute Gasteiger partial charge is 0.180 e. The number of nitrogens with zero attached hydrogens (tertiary/aromatic N) is 7. The lowest BCUT2D eigenvalue weighted by Crippen LogP contribution is -2.48. The molecule has 2 saturated heterocycles. The molecule has 3 aromatic heterocycles. The van der Waals surface area contributed by atoms with Crippen LogP contribution in [0.15, 0.2) is 67.0 Å². The maximum absolute atomic E-state index is 4.72. The first-order chi connectivity index (χ1) is 19.2. The number of benzene rings is 1. The van der Waals surface area contributed by atoms with Crippen LogP contribution in [0.4, 0.5) is 17.3 Å². The SMILES string of the molecule is Cc1cccc(-c2nccc(Nc3ccnc(Cc4ccc(N5CCN(CC6CCNC6)CC5)cc4)n3)n2)n1. The van der Waals surface area contributed by atoms with Gasteiger partial charge in [-0.05, 0) is 74.3 Å². The highest BCUT2D eigenvalue weighted by Crippen LogP contribution is 2.21. The number of nitrogens with one attached hydrogen (secondary N) is 2. The molecule has 2 N–H and O–H groups in total. The molecule has 9 nitrogen and oxygen atoms in total. The lowest BCUT2D eigenvalue weighted by molar-refractivity contribution is 0.225. The van der Waals surface area contributed by atoms with Crippen molar-refractivity contribution in [2.75, 3.05) is 56.0 Å². The zero-order chi connectivity index (χ0) is 26.4. The summed E-state index contributed by atoms with van der Waals surface area (Å²) in [6, 6.07) is 18.4. The third kappa shape index (κ3) is 6.55. The van der Waals surface area contributed by atoms with Gasteiger partial charge in [-0.25, -0.2) is 24.9 Å². The summed E-state index contributed by atoms with van der Waals surface area (Å²) in [6.07, 6.45) is 5.49. The van der Waals surface area contributed by atoms with Crippen molar-refractivity contribution in [2.24, 2.45) is 5.92 Å². The van der Waals surface area contributed by atoms with Crippen molar-refractivity contribution < 1.29 is 0 Å². The molecule has 1 unspecified atom stereocenters. The van der Waals surface area contributed by atoms with E-state index in [2.05, 4.69) is 64.6 Å². The summed E-state index contributed by atoms with van der Waals surface area (Å²) in [5.74, 6) is 3.52. The summed E-state index contributed by atoms with van der Waals surface area (Å²) in [4.78, 5) is 27.9. The molecule has 200 valence electrons. The monoisotopic (exact) mass is 521 g/mol. The highest BCUT2D eigenvalue weighted by atomic mass is 15.3. The fraction of sp³-hybridized carbons (Fsp3) is 0.367. The Hall–Kier alpha value is -3.95. The Kier molecular flexibility index (Phi) is 7.69. The molecule has 0 amide bonds. The van der Waals surface area contributed by atoms with Gasteiger partial charge in [-0.15, -0.1) is 0 Å². The molecule has 39 heavy (non-hydrogen) atoms. The van der Waals surface area contributed by atoms with Crippen molar-refractivity contribution in [3.8, 4) is 11.5 Å². The average Bonchev–Trinajstić information content (AvgIpc) is 3.48. The summed E-state index contributed by atoms with van der Waals surface area (Å²) in [7, 11) is 0. The third-order valence-electron chi connectivity index (χ3n) is 7.45. The molecule has 4 aromatic rings. The standard InChI is InChI=1S/C30H35N9/c1-22-3-2-4-26(34-22)30-33-14-11-28(37-30)35-27-10-13-32-29(36-27)19-23-5-7-25(8-6-23)39-17-15-38(16-18-39)21-24-9-12-31-20-24/h2-8,10-11,13-14,24,31H,9,12,15-21H2,1H3,(H,32,33,35,36,37). The van der Waals surface area contributed by atoms with Crippen LogP contribution in [0.2, 0.25) is 0 Å². The predicted molar refractivity (Wildman–Crippen MR) is 154 cm³/mol. The molecule has 0 saturated carbocycles. The van der Waals surface area contributed by atoms with E-state index in [9.17, 15) is 0 Å². The minimum atomic E-state index is 0.575. The molecule has 9 heteroatoms. The third-order valence-corrected chi connectivity index (χ3v) is 7.45. The Morgan fingerprint density at radius 3 is 2.44 bits per heavy atom. The maximum Gasteiger partial charge on any atom is 0.180 e. The number of hydrogen-bond donors (Lipinski definition) is 2. The lowest BCUT2D eigenvalue weighted by Gasteiger charge is -2.37. The normalized spacial score (nSPS) is 17.9. The Bertz CT molecular complexity index is 1380. The second-order valence-corrected chi connectivity index (χ2v) is 10.4. The summed E-state index contributed by atoms with van der Waals surface area (Å²) in [5.41, 5.74) is 4.16. The Morgan fingerprint density at radius 1 is 0.872 bits per heavy atom. The van der Waals surface area contributed by atoms with E-state index in [1.54, 1.807) is 12.4 Å². The summed E-state index contributed by atoms with van der Waals surface area (Å²) in [6.45, 7) is 9.99. The number of anilines is 3. The minimum absolute atomic E-state index is 0.575. The molecule has 1 atom stereocenters. The van der Waals surface area contributed by atoms with E-state index in [0.717, 1.165) is 49.3 Å². The number of pyridine rings is 1. The highest BCUT2D eigenvalue weighted by Gasteiger charge is 2.22. The van der Waals surface area contributed by atoms with Gasteiger partial charge in [-0.2, -0.15) is 0 Å². The van der Waals surface area contributed by atoms with Crippen LogP contribution < -0.4 is 15.5 Å². The molecule has 0 spiro atoms. The number of aryl methyl sites for hydroxylation is 1. The molecule has 0 aliphatic carbocycles. The van der Waals surface area contributed by atoms with Crippen LogP contribution >= 0.6 is 0 Å². The van der Waals surface area contributed by atoms with Crippen LogP contribution in [0.25, 0.3) is 11.5 Å². The van der Waals surface area contributed by atoms with Crippen LogP contribution in [0.1, 0.15) is 23.5 Å². The van der Waals surface area contributed by atoms with Gasteiger partial charge in [0, 0.05) is 62.9 Å². The fourth-order valence-corrected chi connectivity index (χ4v) is 5.34. The van der Waals surface area contributed by atoms with Gasteiger partial charge in [-0.3, -0.25) is 4.90 Å². The minimum Gasteiger partial charge on any atom is -0.369 e. The van der Waals surface area contributed by atoms with Crippen molar-refractivity contribution in [2.45, 2.75) is 19.8 Å². The predicted octanol–water partition coefficient (Wildman–Crippen LogP) is 3.70. The van der Waals surface area contributed by atoms with Crippen LogP contribution in [-0.4, -0.2) is 75.6 Å². The summed E-state index contributed by atoms with van der Waals surface area (Å²) < 4.78 is 0. The number of piperazine rings is 1. The van der Waals surface area contributed by atoms with E-state index in [1.165, 1.54) is 37.3 Å². The second kappa shape index (κ2) is 11.8. The molecule has 2 aliphatic rings. The van der Waals surface area contributed by atoms with Crippen molar-refractivity contribution in [1.29, 1.82) is 0 Å². The number of aromatic nitrogens is 5. The van der Waals surface area contributed by atoms with Crippen molar-refractivity contribution in [1.82, 2.24) is 35.1 Å². The molecular weight excluding hydrogens is 486 g/mol. The van der Waals surface area contributed by atoms with Crippen molar-refractivity contribution in [3.05, 3.63) is 84.1 Å². The zero-order valence-corrected chi connectivity index (χ0v) is 22.4. The molecular formula is C30H35N9. The van der Waals surface area contributed by atoms with E-state index in [1.807, 2.05) is 37.3 Å². The van der Waals surface area contributed by atoms with Gasteiger partial charge in [0.15, 0.2) is 5.82 Å².